The van der Waals surface area contributed by atoms with Crippen LogP contribution in [-0.4, -0.2) is 5.24 Å². The van der Waals surface area contributed by atoms with Crippen molar-refractivity contribution in [2.75, 3.05) is 0 Å². The lowest BCUT2D eigenvalue weighted by Crippen LogP contribution is -2.05. The smallest absolute Gasteiger partial charge is 0.229 e. The van der Waals surface area contributed by atoms with Crippen molar-refractivity contribution in [2.45, 2.75) is 19.3 Å². The maximum absolute atomic E-state index is 12.8. The molecule has 1 rings (SSSR count). The molecule has 0 saturated carbocycles. The molecule has 0 fully saturated rings. The number of rotatable bonds is 3. The third-order valence-electron chi connectivity index (χ3n) is 1.93. The van der Waals surface area contributed by atoms with E-state index in [4.69, 9.17) is 11.6 Å². The average molecular weight is 201 g/mol. The van der Waals surface area contributed by atoms with Crippen molar-refractivity contribution >= 4 is 16.8 Å². The molecule has 0 radical (unpaired) electrons. The molecule has 0 spiro atoms. The van der Waals surface area contributed by atoms with Gasteiger partial charge in [-0.15, -0.1) is 0 Å². The molecule has 0 aromatic heterocycles. The van der Waals surface area contributed by atoms with Gasteiger partial charge >= 0.3 is 0 Å². The number of hydrogen-bond acceptors (Lipinski definition) is 1. The lowest BCUT2D eigenvalue weighted by atomic mass is 9.98. The zero-order valence-electron chi connectivity index (χ0n) is 7.26. The highest BCUT2D eigenvalue weighted by atomic mass is 35.5. The van der Waals surface area contributed by atoms with Gasteiger partial charge in [-0.05, 0) is 35.7 Å². The van der Waals surface area contributed by atoms with Crippen LogP contribution in [0.15, 0.2) is 24.3 Å². The lowest BCUT2D eigenvalue weighted by Gasteiger charge is -2.09. The fourth-order valence-electron chi connectivity index (χ4n) is 1.25. The first-order valence-corrected chi connectivity index (χ1v) is 4.47. The van der Waals surface area contributed by atoms with Crippen LogP contribution in [0.5, 0.6) is 0 Å². The second kappa shape index (κ2) is 4.38. The molecule has 1 aromatic carbocycles. The molecular weight excluding hydrogens is 191 g/mol. The van der Waals surface area contributed by atoms with Gasteiger partial charge in [0.2, 0.25) is 5.24 Å². The molecule has 3 heteroatoms. The molecule has 0 aliphatic heterocycles. The van der Waals surface area contributed by atoms with Gasteiger partial charge in [-0.1, -0.05) is 19.1 Å². The lowest BCUT2D eigenvalue weighted by molar-refractivity contribution is -0.113. The summed E-state index contributed by atoms with van der Waals surface area (Å²) in [4.78, 5) is 10.9. The zero-order valence-corrected chi connectivity index (χ0v) is 8.01. The number of carbonyl (C=O) groups excluding carboxylic acids is 1. The summed E-state index contributed by atoms with van der Waals surface area (Å²) in [6, 6.07) is 5.97. The van der Waals surface area contributed by atoms with Crippen LogP contribution in [0.4, 0.5) is 4.39 Å². The van der Waals surface area contributed by atoms with E-state index >= 15 is 0 Å². The van der Waals surface area contributed by atoms with Gasteiger partial charge in [-0.3, -0.25) is 4.79 Å². The molecule has 0 heterocycles. The summed E-state index contributed by atoms with van der Waals surface area (Å²) in [5.41, 5.74) is 0.641. The molecule has 1 aromatic rings. The van der Waals surface area contributed by atoms with Crippen LogP contribution in [0.25, 0.3) is 0 Å². The van der Waals surface area contributed by atoms with E-state index in [-0.39, 0.29) is 5.82 Å². The topological polar surface area (TPSA) is 17.1 Å². The van der Waals surface area contributed by atoms with E-state index in [1.807, 2.05) is 6.92 Å². The molecule has 13 heavy (non-hydrogen) atoms. The van der Waals surface area contributed by atoms with Crippen LogP contribution in [0.1, 0.15) is 24.8 Å². The normalized spacial score (nSPS) is 12.5. The number of carbonyl (C=O) groups is 1. The van der Waals surface area contributed by atoms with E-state index in [0.717, 1.165) is 0 Å². The summed E-state index contributed by atoms with van der Waals surface area (Å²) < 4.78 is 12.8. The minimum atomic E-state index is -0.437. The van der Waals surface area contributed by atoms with Gasteiger partial charge in [-0.2, -0.15) is 0 Å². The first kappa shape index (κ1) is 10.2. The Morgan fingerprint density at radius 3 is 2.77 bits per heavy atom. The summed E-state index contributed by atoms with van der Waals surface area (Å²) in [7, 11) is 0. The molecule has 0 N–H and O–H groups in total. The first-order valence-electron chi connectivity index (χ1n) is 4.10. The predicted molar refractivity (Wildman–Crippen MR) is 50.3 cm³/mol. The zero-order chi connectivity index (χ0) is 9.84. The van der Waals surface area contributed by atoms with Crippen LogP contribution >= 0.6 is 11.6 Å². The molecule has 0 aliphatic rings. The average Bonchev–Trinajstić information content (AvgIpc) is 2.04. The Morgan fingerprint density at radius 2 is 2.31 bits per heavy atom. The van der Waals surface area contributed by atoms with Gasteiger partial charge < -0.3 is 0 Å². The van der Waals surface area contributed by atoms with Crippen LogP contribution in [0.3, 0.4) is 0 Å². The van der Waals surface area contributed by atoms with Gasteiger partial charge in [0.05, 0.1) is 5.92 Å². The van der Waals surface area contributed by atoms with E-state index in [0.29, 0.717) is 12.0 Å². The van der Waals surface area contributed by atoms with Crippen LogP contribution < -0.4 is 0 Å². The second-order valence-corrected chi connectivity index (χ2v) is 3.19. The number of hydrogen-bond donors (Lipinski definition) is 0. The van der Waals surface area contributed by atoms with Gasteiger partial charge in [0, 0.05) is 0 Å². The molecule has 1 nitrogen and oxygen atoms in total. The van der Waals surface area contributed by atoms with Crippen molar-refractivity contribution in [1.82, 2.24) is 0 Å². The molecule has 0 bridgehead atoms. The minimum absolute atomic E-state index is 0.339. The summed E-state index contributed by atoms with van der Waals surface area (Å²) in [6.45, 7) is 1.84. The highest BCUT2D eigenvalue weighted by Gasteiger charge is 2.16. The van der Waals surface area contributed by atoms with Gasteiger partial charge in [-0.25, -0.2) is 4.39 Å². The second-order valence-electron chi connectivity index (χ2n) is 2.82. The van der Waals surface area contributed by atoms with E-state index < -0.39 is 11.2 Å². The fraction of sp³-hybridized carbons (Fsp3) is 0.300. The van der Waals surface area contributed by atoms with Crippen molar-refractivity contribution in [1.29, 1.82) is 0 Å². The predicted octanol–water partition coefficient (Wildman–Crippen LogP) is 3.08. The van der Waals surface area contributed by atoms with E-state index in [2.05, 4.69) is 0 Å². The van der Waals surface area contributed by atoms with Gasteiger partial charge in [0.15, 0.2) is 0 Å². The van der Waals surface area contributed by atoms with Gasteiger partial charge in [0.1, 0.15) is 5.82 Å². The van der Waals surface area contributed by atoms with Crippen LogP contribution in [0, 0.1) is 5.82 Å². The van der Waals surface area contributed by atoms with Gasteiger partial charge in [0.25, 0.3) is 0 Å². The third kappa shape index (κ3) is 2.52. The first-order chi connectivity index (χ1) is 6.15. The Kier molecular flexibility index (Phi) is 3.43. The Morgan fingerprint density at radius 1 is 1.62 bits per heavy atom. The maximum Gasteiger partial charge on any atom is 0.229 e. The molecule has 0 amide bonds. The maximum atomic E-state index is 12.8. The van der Waals surface area contributed by atoms with Crippen molar-refractivity contribution < 1.29 is 9.18 Å². The van der Waals surface area contributed by atoms with Crippen molar-refractivity contribution in [3.8, 4) is 0 Å². The summed E-state index contributed by atoms with van der Waals surface area (Å²) in [5, 5.41) is -0.437. The number of benzene rings is 1. The van der Waals surface area contributed by atoms with Crippen LogP contribution in [0.2, 0.25) is 0 Å². The standard InChI is InChI=1S/C10H10ClFO/c1-2-9(10(11)13)7-4-3-5-8(12)6-7/h3-6,9H,2H2,1H3. The minimum Gasteiger partial charge on any atom is -0.281 e. The molecule has 0 saturated heterocycles. The summed E-state index contributed by atoms with van der Waals surface area (Å²) >= 11 is 5.37. The third-order valence-corrected chi connectivity index (χ3v) is 2.20. The molecule has 1 unspecified atom stereocenters. The summed E-state index contributed by atoms with van der Waals surface area (Å²) in [5.74, 6) is -0.730. The highest BCUT2D eigenvalue weighted by molar-refractivity contribution is 6.64. The summed E-state index contributed by atoms with van der Waals surface area (Å²) in [6.07, 6.45) is 0.589. The van der Waals surface area contributed by atoms with E-state index in [1.54, 1.807) is 12.1 Å². The molecule has 1 atom stereocenters. The largest absolute Gasteiger partial charge is 0.281 e. The van der Waals surface area contributed by atoms with E-state index in [1.165, 1.54) is 12.1 Å². The molecule has 0 aliphatic carbocycles. The Balaban J connectivity index is 2.98. The SMILES string of the molecule is CCC(C(=O)Cl)c1cccc(F)c1. The van der Waals surface area contributed by atoms with Crippen molar-refractivity contribution in [3.05, 3.63) is 35.6 Å². The Labute approximate surface area is 81.5 Å². The number of halogens is 2. The fourth-order valence-corrected chi connectivity index (χ4v) is 1.53. The van der Waals surface area contributed by atoms with E-state index in [9.17, 15) is 9.18 Å². The highest BCUT2D eigenvalue weighted by Crippen LogP contribution is 2.22. The Bertz CT molecular complexity index is 312. The molecule has 70 valence electrons. The van der Waals surface area contributed by atoms with Crippen molar-refractivity contribution in [2.24, 2.45) is 0 Å². The van der Waals surface area contributed by atoms with Crippen molar-refractivity contribution in [3.63, 3.8) is 0 Å². The molecular formula is C10H10ClFO. The quantitative estimate of drug-likeness (QED) is 0.686. The van der Waals surface area contributed by atoms with Crippen LogP contribution in [-0.2, 0) is 4.79 Å². The monoisotopic (exact) mass is 200 g/mol. The Hall–Kier alpha value is -0.890.